The molecule has 1 aliphatic heterocycles. The van der Waals surface area contributed by atoms with Crippen molar-refractivity contribution in [2.75, 3.05) is 13.1 Å². The zero-order chi connectivity index (χ0) is 8.69. The number of rotatable bonds is 0. The summed E-state index contributed by atoms with van der Waals surface area (Å²) in [5.41, 5.74) is 4.03. The van der Waals surface area contributed by atoms with Crippen LogP contribution in [0.2, 0.25) is 0 Å². The van der Waals surface area contributed by atoms with Gasteiger partial charge in [-0.05, 0) is 25.9 Å². The zero-order valence-corrected chi connectivity index (χ0v) is 6.29. The molecule has 5 nitrogen and oxygen atoms in total. The molecule has 0 saturated carbocycles. The summed E-state index contributed by atoms with van der Waals surface area (Å²) in [7, 11) is 0. The van der Waals surface area contributed by atoms with Crippen LogP contribution in [0.4, 0.5) is 4.79 Å². The first-order valence-electron chi connectivity index (χ1n) is 3.50. The topological polar surface area (TPSA) is 95.6 Å². The molecule has 0 aromatic carbocycles. The van der Waals surface area contributed by atoms with Crippen LogP contribution in [0, 0.1) is 0 Å². The Morgan fingerprint density at radius 2 is 1.82 bits per heavy atom. The molecule has 1 fully saturated rings. The van der Waals surface area contributed by atoms with Gasteiger partial charge in [0.25, 0.3) is 0 Å². The lowest BCUT2D eigenvalue weighted by atomic mass is 10.1. The number of aliphatic hydroxyl groups is 1. The van der Waals surface area contributed by atoms with Gasteiger partial charge in [-0.15, -0.1) is 0 Å². The second-order valence-electron chi connectivity index (χ2n) is 2.32. The van der Waals surface area contributed by atoms with Crippen LogP contribution in [0.5, 0.6) is 0 Å². The van der Waals surface area contributed by atoms with Gasteiger partial charge in [0.2, 0.25) is 0 Å². The van der Waals surface area contributed by atoms with Crippen molar-refractivity contribution in [1.82, 2.24) is 5.32 Å². The Morgan fingerprint density at radius 1 is 1.45 bits per heavy atom. The third-order valence-electron chi connectivity index (χ3n) is 1.31. The number of nitrogens with two attached hydrogens (primary N) is 1. The minimum Gasteiger partial charge on any atom is -0.465 e. The predicted octanol–water partition coefficient (Wildman–Crippen LogP) is -0.646. The van der Waals surface area contributed by atoms with E-state index in [1.807, 2.05) is 0 Å². The van der Waals surface area contributed by atoms with E-state index >= 15 is 0 Å². The number of amides is 1. The van der Waals surface area contributed by atoms with Crippen molar-refractivity contribution >= 4 is 6.09 Å². The fourth-order valence-corrected chi connectivity index (χ4v) is 0.807. The first kappa shape index (κ1) is 10.2. The van der Waals surface area contributed by atoms with Crippen LogP contribution >= 0.6 is 0 Å². The average molecular weight is 162 g/mol. The molecule has 0 aromatic heterocycles. The fourth-order valence-electron chi connectivity index (χ4n) is 0.807. The number of aliphatic hydroxyl groups excluding tert-OH is 1. The van der Waals surface area contributed by atoms with Crippen LogP contribution in [0.15, 0.2) is 0 Å². The van der Waals surface area contributed by atoms with E-state index in [4.69, 9.17) is 15.0 Å². The van der Waals surface area contributed by atoms with Gasteiger partial charge in [-0.25, -0.2) is 4.79 Å². The van der Waals surface area contributed by atoms with E-state index in [1.54, 1.807) is 0 Å². The lowest BCUT2D eigenvalue weighted by molar-refractivity contribution is 0.137. The molecule has 1 rings (SSSR count). The smallest absolute Gasteiger partial charge is 0.402 e. The Labute approximate surface area is 65.2 Å². The summed E-state index contributed by atoms with van der Waals surface area (Å²) >= 11 is 0. The van der Waals surface area contributed by atoms with E-state index in [-0.39, 0.29) is 6.10 Å². The molecule has 1 aliphatic rings. The molecule has 0 unspecified atom stereocenters. The molecule has 11 heavy (non-hydrogen) atoms. The normalized spacial score (nSPS) is 18.3. The highest BCUT2D eigenvalue weighted by molar-refractivity contribution is 5.61. The maximum Gasteiger partial charge on any atom is 0.402 e. The van der Waals surface area contributed by atoms with Gasteiger partial charge in [0.15, 0.2) is 0 Å². The monoisotopic (exact) mass is 162 g/mol. The molecule has 1 heterocycles. The number of primary amides is 1. The summed E-state index contributed by atoms with van der Waals surface area (Å²) in [6.45, 7) is 1.97. The van der Waals surface area contributed by atoms with Gasteiger partial charge < -0.3 is 21.3 Å². The van der Waals surface area contributed by atoms with E-state index in [0.29, 0.717) is 0 Å². The molecule has 0 bridgehead atoms. The van der Waals surface area contributed by atoms with E-state index in [2.05, 4.69) is 11.1 Å². The van der Waals surface area contributed by atoms with Crippen molar-refractivity contribution in [3.8, 4) is 0 Å². The second kappa shape index (κ2) is 5.94. The second-order valence-corrected chi connectivity index (χ2v) is 2.32. The molecule has 1 saturated heterocycles. The van der Waals surface area contributed by atoms with Crippen LogP contribution in [-0.4, -0.2) is 35.5 Å². The van der Waals surface area contributed by atoms with Gasteiger partial charge in [0.05, 0.1) is 6.10 Å². The van der Waals surface area contributed by atoms with Gasteiger partial charge in [-0.2, -0.15) is 0 Å². The number of piperidine rings is 1. The van der Waals surface area contributed by atoms with Crippen molar-refractivity contribution < 1.29 is 15.0 Å². The highest BCUT2D eigenvalue weighted by atomic mass is 16.4. The Bertz CT molecular complexity index is 108. The predicted molar refractivity (Wildman–Crippen MR) is 40.3 cm³/mol. The first-order chi connectivity index (χ1) is 5.13. The summed E-state index contributed by atoms with van der Waals surface area (Å²) in [6.07, 6.45) is 0.501. The van der Waals surface area contributed by atoms with Crippen LogP contribution in [-0.2, 0) is 0 Å². The number of carboxylic acid groups (broad SMARTS) is 1. The van der Waals surface area contributed by atoms with Gasteiger partial charge in [0.1, 0.15) is 0 Å². The third kappa shape index (κ3) is 9.19. The molecule has 0 atom stereocenters. The lowest BCUT2D eigenvalue weighted by Crippen LogP contribution is -2.30. The zero-order valence-electron chi connectivity index (χ0n) is 6.29. The first-order valence-corrected chi connectivity index (χ1v) is 3.50. The van der Waals surface area contributed by atoms with Crippen molar-refractivity contribution in [3.05, 3.63) is 0 Å². The van der Waals surface area contributed by atoms with E-state index in [0.717, 1.165) is 25.9 Å². The van der Waals surface area contributed by atoms with Crippen LogP contribution in [0.1, 0.15) is 12.8 Å². The van der Waals surface area contributed by atoms with Crippen molar-refractivity contribution in [1.29, 1.82) is 0 Å². The molecular formula is C6H14N2O3. The summed E-state index contributed by atoms with van der Waals surface area (Å²) in [6, 6.07) is 0. The van der Waals surface area contributed by atoms with Crippen molar-refractivity contribution in [3.63, 3.8) is 0 Å². The molecule has 0 aromatic rings. The van der Waals surface area contributed by atoms with Gasteiger partial charge in [0, 0.05) is 0 Å². The lowest BCUT2D eigenvalue weighted by Gasteiger charge is -2.16. The third-order valence-corrected chi connectivity index (χ3v) is 1.31. The Balaban J connectivity index is 0.000000218. The molecule has 66 valence electrons. The SMILES string of the molecule is NC(=O)O.OC1CCNCC1. The molecule has 5 heteroatoms. The average Bonchev–Trinajstić information content (AvgIpc) is 1.87. The molecule has 0 radical (unpaired) electrons. The maximum absolute atomic E-state index is 8.87. The van der Waals surface area contributed by atoms with Gasteiger partial charge in [-0.3, -0.25) is 0 Å². The number of hydrogen-bond donors (Lipinski definition) is 4. The number of nitrogens with one attached hydrogen (secondary N) is 1. The van der Waals surface area contributed by atoms with Gasteiger partial charge in [-0.1, -0.05) is 0 Å². The fraction of sp³-hybridized carbons (Fsp3) is 0.833. The van der Waals surface area contributed by atoms with Crippen LogP contribution < -0.4 is 11.1 Å². The Hall–Kier alpha value is -0.810. The largest absolute Gasteiger partial charge is 0.465 e. The number of hydrogen-bond acceptors (Lipinski definition) is 3. The highest BCUT2D eigenvalue weighted by Crippen LogP contribution is 1.99. The van der Waals surface area contributed by atoms with Crippen LogP contribution in [0.25, 0.3) is 0 Å². The highest BCUT2D eigenvalue weighted by Gasteiger charge is 2.06. The van der Waals surface area contributed by atoms with E-state index in [9.17, 15) is 0 Å². The molecular weight excluding hydrogens is 148 g/mol. The Morgan fingerprint density at radius 3 is 2.00 bits per heavy atom. The summed E-state index contributed by atoms with van der Waals surface area (Å²) in [5, 5.41) is 19.2. The molecule has 0 spiro atoms. The standard InChI is InChI=1S/C5H11NO.CH3NO2/c7-5-1-3-6-4-2-5;2-1(3)4/h5-7H,1-4H2;2H2,(H,3,4). The van der Waals surface area contributed by atoms with E-state index in [1.165, 1.54) is 0 Å². The molecule has 1 amide bonds. The molecule has 0 aliphatic carbocycles. The van der Waals surface area contributed by atoms with Crippen molar-refractivity contribution in [2.45, 2.75) is 18.9 Å². The number of carbonyl (C=O) groups is 1. The quantitative estimate of drug-likeness (QED) is 0.381. The Kier molecular flexibility index (Phi) is 5.50. The summed E-state index contributed by atoms with van der Waals surface area (Å²) < 4.78 is 0. The summed E-state index contributed by atoms with van der Waals surface area (Å²) in [5.74, 6) is 0. The van der Waals surface area contributed by atoms with Gasteiger partial charge >= 0.3 is 6.09 Å². The van der Waals surface area contributed by atoms with Crippen molar-refractivity contribution in [2.24, 2.45) is 5.73 Å². The molecule has 5 N–H and O–H groups in total. The minimum absolute atomic E-state index is 0.0266. The van der Waals surface area contributed by atoms with E-state index < -0.39 is 6.09 Å². The summed E-state index contributed by atoms with van der Waals surface area (Å²) in [4.78, 5) is 8.78. The minimum atomic E-state index is -1.33. The van der Waals surface area contributed by atoms with Crippen LogP contribution in [0.3, 0.4) is 0 Å². The maximum atomic E-state index is 8.87.